The summed E-state index contributed by atoms with van der Waals surface area (Å²) in [6.45, 7) is 0. The zero-order chi connectivity index (χ0) is 15.1. The highest BCUT2D eigenvalue weighted by molar-refractivity contribution is 8.76. The minimum absolute atomic E-state index is 0.110. The quantitative estimate of drug-likeness (QED) is 0.285. The van der Waals surface area contributed by atoms with Gasteiger partial charge in [-0.2, -0.15) is 30.6 Å². The number of nitrogens with zero attached hydrogens (tertiary/aromatic N) is 8. The topological polar surface area (TPSA) is 187 Å². The molecule has 22 heavy (non-hydrogen) atoms. The van der Waals surface area contributed by atoms with Crippen LogP contribution in [0.4, 0.5) is 11.9 Å². The molecule has 0 amide bonds. The Hall–Kier alpha value is -2.74. The molecule has 0 aromatic carbocycles. The number of nitrogen functional groups attached to an aromatic ring is 2. The van der Waals surface area contributed by atoms with E-state index in [2.05, 4.69) is 50.8 Å². The summed E-state index contributed by atoms with van der Waals surface area (Å²) in [6.07, 6.45) is 0. The van der Waals surface area contributed by atoms with Gasteiger partial charge in [-0.3, -0.25) is 0 Å². The predicted molar refractivity (Wildman–Crippen MR) is 79.5 cm³/mol. The molecule has 0 aliphatic rings. The molecule has 110 valence electrons. The van der Waals surface area contributed by atoms with Gasteiger partial charge in [0.05, 0.1) is 0 Å². The van der Waals surface area contributed by atoms with Crippen molar-refractivity contribution >= 4 is 55.8 Å². The van der Waals surface area contributed by atoms with E-state index in [1.807, 2.05) is 0 Å². The number of anilines is 2. The van der Waals surface area contributed by atoms with Crippen molar-refractivity contribution in [3.05, 3.63) is 0 Å². The first kappa shape index (κ1) is 13.0. The molecule has 0 atom stereocenters. The van der Waals surface area contributed by atoms with Crippen LogP contribution in [0.15, 0.2) is 10.1 Å². The van der Waals surface area contributed by atoms with Gasteiger partial charge in [-0.1, -0.05) is 0 Å². The van der Waals surface area contributed by atoms with Gasteiger partial charge in [-0.05, 0) is 21.6 Å². The molecule has 0 fully saturated rings. The maximum absolute atomic E-state index is 5.65. The van der Waals surface area contributed by atoms with Crippen molar-refractivity contribution in [2.24, 2.45) is 0 Å². The average Bonchev–Trinajstić information content (AvgIpc) is 3.12. The summed E-state index contributed by atoms with van der Waals surface area (Å²) >= 11 is 0. The van der Waals surface area contributed by atoms with Gasteiger partial charge in [-0.15, -0.1) is 10.2 Å². The number of H-pyrrole nitrogens is 2. The van der Waals surface area contributed by atoms with Crippen LogP contribution in [0.2, 0.25) is 0 Å². The number of aromatic nitrogens is 10. The molecule has 0 bridgehead atoms. The van der Waals surface area contributed by atoms with E-state index in [1.165, 1.54) is 21.6 Å². The van der Waals surface area contributed by atoms with Gasteiger partial charge in [0.25, 0.3) is 0 Å². The first-order chi connectivity index (χ1) is 10.7. The number of hydrogen-bond acceptors (Lipinski definition) is 12. The van der Waals surface area contributed by atoms with Gasteiger partial charge in [0.2, 0.25) is 23.2 Å². The van der Waals surface area contributed by atoms with Crippen molar-refractivity contribution < 1.29 is 0 Å². The fourth-order valence-electron chi connectivity index (χ4n) is 1.67. The number of nitrogens with one attached hydrogen (secondary N) is 2. The third kappa shape index (κ3) is 2.13. The summed E-state index contributed by atoms with van der Waals surface area (Å²) in [7, 11) is 2.57. The molecule has 4 heterocycles. The van der Waals surface area contributed by atoms with Crippen molar-refractivity contribution in [3.63, 3.8) is 0 Å². The number of rotatable bonds is 3. The number of fused-ring (bicyclic) bond motifs is 2. The Bertz CT molecular complexity index is 896. The lowest BCUT2D eigenvalue weighted by Crippen LogP contribution is -1.97. The fraction of sp³-hybridized carbons (Fsp3) is 0. The normalized spacial score (nSPS) is 11.5. The third-order valence-corrected chi connectivity index (χ3v) is 4.70. The number of aromatic amines is 2. The predicted octanol–water partition coefficient (Wildman–Crippen LogP) is -0.227. The van der Waals surface area contributed by atoms with E-state index < -0.39 is 0 Å². The van der Waals surface area contributed by atoms with Crippen LogP contribution >= 0.6 is 21.6 Å². The Labute approximate surface area is 128 Å². The molecule has 12 nitrogen and oxygen atoms in total. The second-order valence-corrected chi connectivity index (χ2v) is 6.04. The molecular formula is C8H6N12S2. The zero-order valence-corrected chi connectivity index (χ0v) is 12.2. The van der Waals surface area contributed by atoms with Gasteiger partial charge in [-0.25, -0.2) is 9.97 Å². The monoisotopic (exact) mass is 334 g/mol. The van der Waals surface area contributed by atoms with Gasteiger partial charge in [0, 0.05) is 0 Å². The lowest BCUT2D eigenvalue weighted by molar-refractivity contribution is 0.952. The summed E-state index contributed by atoms with van der Waals surface area (Å²) in [5, 5.41) is 21.8. The smallest absolute Gasteiger partial charge is 0.223 e. The van der Waals surface area contributed by atoms with Crippen molar-refractivity contribution in [2.75, 3.05) is 11.5 Å². The second-order valence-electron chi connectivity index (χ2n) is 3.93. The lowest BCUT2D eigenvalue weighted by atomic mass is 10.5. The van der Waals surface area contributed by atoms with E-state index in [9.17, 15) is 0 Å². The maximum Gasteiger partial charge on any atom is 0.223 e. The largest absolute Gasteiger partial charge is 0.368 e. The van der Waals surface area contributed by atoms with Crippen LogP contribution in [0.1, 0.15) is 0 Å². The number of nitrogens with two attached hydrogens (primary N) is 2. The zero-order valence-electron chi connectivity index (χ0n) is 10.5. The summed E-state index contributed by atoms with van der Waals surface area (Å²) in [4.78, 5) is 16.2. The Morgan fingerprint density at radius 3 is 1.55 bits per heavy atom. The van der Waals surface area contributed by atoms with E-state index in [1.54, 1.807) is 0 Å². The second kappa shape index (κ2) is 4.92. The Morgan fingerprint density at radius 1 is 0.636 bits per heavy atom. The summed E-state index contributed by atoms with van der Waals surface area (Å²) in [5.74, 6) is 0.219. The minimum atomic E-state index is 0.110. The van der Waals surface area contributed by atoms with Crippen molar-refractivity contribution in [1.82, 2.24) is 50.8 Å². The minimum Gasteiger partial charge on any atom is -0.368 e. The molecule has 0 aliphatic heterocycles. The molecule has 0 saturated heterocycles. The summed E-state index contributed by atoms with van der Waals surface area (Å²) < 4.78 is 0. The third-order valence-electron chi connectivity index (χ3n) is 2.54. The first-order valence-corrected chi connectivity index (χ1v) is 7.88. The van der Waals surface area contributed by atoms with Crippen molar-refractivity contribution in [2.45, 2.75) is 10.1 Å². The van der Waals surface area contributed by atoms with Crippen LogP contribution in [0.25, 0.3) is 22.3 Å². The Kier molecular flexibility index (Phi) is 2.90. The van der Waals surface area contributed by atoms with Crippen LogP contribution in [-0.2, 0) is 0 Å². The highest BCUT2D eigenvalue weighted by Crippen LogP contribution is 2.39. The van der Waals surface area contributed by atoms with Gasteiger partial charge in [0.15, 0.2) is 11.0 Å². The molecule has 4 aromatic rings. The molecule has 0 unspecified atom stereocenters. The van der Waals surface area contributed by atoms with Crippen LogP contribution < -0.4 is 11.5 Å². The average molecular weight is 334 g/mol. The van der Waals surface area contributed by atoms with E-state index in [0.717, 1.165) is 0 Å². The Balaban J connectivity index is 1.71. The van der Waals surface area contributed by atoms with Crippen LogP contribution in [0.3, 0.4) is 0 Å². The molecule has 0 saturated carbocycles. The molecule has 0 spiro atoms. The van der Waals surface area contributed by atoms with Gasteiger partial charge >= 0.3 is 0 Å². The van der Waals surface area contributed by atoms with Crippen LogP contribution in [0, 0.1) is 0 Å². The molecule has 14 heteroatoms. The van der Waals surface area contributed by atoms with Crippen LogP contribution in [-0.4, -0.2) is 50.8 Å². The number of hydrogen-bond donors (Lipinski definition) is 4. The highest BCUT2D eigenvalue weighted by atomic mass is 33.1. The van der Waals surface area contributed by atoms with Crippen molar-refractivity contribution in [1.29, 1.82) is 0 Å². The molecule has 4 aromatic heterocycles. The first-order valence-electron chi connectivity index (χ1n) is 5.73. The fourth-order valence-corrected chi connectivity index (χ4v) is 3.69. The standard InChI is InChI=1S/C8H6N12S2/c9-7-11-3-1(15-19-17-3)5(13-7)21-22-6-2-4(18-20-16-2)12-8(10)14-6/h(H3,9,11,13,15,17,19)(H3,10,12,14,16,18,20). The maximum atomic E-state index is 5.65. The molecule has 6 N–H and O–H groups in total. The molecule has 0 aliphatic carbocycles. The SMILES string of the molecule is Nc1nc(SSc2nc(N)nc3n[nH]nc23)c2n[nH]nc2n1. The van der Waals surface area contributed by atoms with E-state index >= 15 is 0 Å². The molecule has 4 rings (SSSR count). The van der Waals surface area contributed by atoms with Crippen LogP contribution in [0.5, 0.6) is 0 Å². The van der Waals surface area contributed by atoms with Gasteiger partial charge < -0.3 is 11.5 Å². The van der Waals surface area contributed by atoms with E-state index in [4.69, 9.17) is 11.5 Å². The van der Waals surface area contributed by atoms with E-state index in [-0.39, 0.29) is 11.9 Å². The van der Waals surface area contributed by atoms with Gasteiger partial charge in [0.1, 0.15) is 10.1 Å². The summed E-state index contributed by atoms with van der Waals surface area (Å²) in [6, 6.07) is 0. The van der Waals surface area contributed by atoms with Crippen molar-refractivity contribution in [3.8, 4) is 0 Å². The molecule has 0 radical (unpaired) electrons. The highest BCUT2D eigenvalue weighted by Gasteiger charge is 2.15. The Morgan fingerprint density at radius 2 is 1.09 bits per heavy atom. The summed E-state index contributed by atoms with van der Waals surface area (Å²) in [5.41, 5.74) is 13.1. The molecular weight excluding hydrogens is 328 g/mol. The lowest BCUT2D eigenvalue weighted by Gasteiger charge is -2.02. The van der Waals surface area contributed by atoms with E-state index in [0.29, 0.717) is 32.4 Å².